The lowest BCUT2D eigenvalue weighted by Crippen LogP contribution is -2.11. The molecule has 0 saturated heterocycles. The van der Waals surface area contributed by atoms with Crippen LogP contribution in [0.2, 0.25) is 0 Å². The Morgan fingerprint density at radius 2 is 0.383 bits per heavy atom. The zero-order chi connectivity index (χ0) is 42.6. The largest absolute Gasteiger partial charge is 0.464 e. The highest BCUT2D eigenvalue weighted by atomic mass is 16.7. The molecule has 0 aromatic heterocycles. The third-order valence-corrected chi connectivity index (χ3v) is 8.50. The van der Waals surface area contributed by atoms with E-state index < -0.39 is 0 Å². The number of hydrogen-bond acceptors (Lipinski definition) is 18. The van der Waals surface area contributed by atoms with Gasteiger partial charge in [0.15, 0.2) is 75.3 Å². The second kappa shape index (κ2) is 29.3. The van der Waals surface area contributed by atoms with Gasteiger partial charge in [-0.15, -0.1) is 0 Å². The van der Waals surface area contributed by atoms with E-state index in [1.807, 2.05) is 36.4 Å². The molecule has 0 aliphatic rings. The first-order valence-corrected chi connectivity index (χ1v) is 19.3. The second-order valence-electron chi connectivity index (χ2n) is 12.5. The van der Waals surface area contributed by atoms with Crippen molar-refractivity contribution in [3.63, 3.8) is 0 Å². The predicted octanol–water partition coefficient (Wildman–Crippen LogP) is 5.14. The molecule has 0 atom stereocenters. The van der Waals surface area contributed by atoms with Crippen LogP contribution in [0.1, 0.15) is 0 Å². The molecule has 18 nitrogen and oxygen atoms in total. The van der Waals surface area contributed by atoms with Crippen LogP contribution in [0.3, 0.4) is 0 Å². The average molecular weight is 853 g/mol. The van der Waals surface area contributed by atoms with E-state index in [2.05, 4.69) is 0 Å². The molecule has 0 unspecified atom stereocenters. The minimum atomic E-state index is -0.0658. The lowest BCUT2D eigenvalue weighted by molar-refractivity contribution is -0.0206. The van der Waals surface area contributed by atoms with Crippen molar-refractivity contribution in [3.8, 4) is 34.5 Å². The fourth-order valence-electron chi connectivity index (χ4n) is 5.53. The molecule has 0 heterocycles. The Balaban J connectivity index is 1.95. The van der Waals surface area contributed by atoms with E-state index in [0.29, 0.717) is 114 Å². The first-order valence-electron chi connectivity index (χ1n) is 19.3. The third kappa shape index (κ3) is 15.8. The first-order chi connectivity index (χ1) is 29.6. The van der Waals surface area contributed by atoms with Crippen molar-refractivity contribution in [2.24, 2.45) is 0 Å². The van der Waals surface area contributed by atoms with Gasteiger partial charge in [0.2, 0.25) is 0 Å². The Bertz CT molecular complexity index is 1430. The summed E-state index contributed by atoms with van der Waals surface area (Å²) in [6, 6.07) is 11.3. The minimum absolute atomic E-state index is 0.0658. The third-order valence-electron chi connectivity index (χ3n) is 8.50. The molecule has 0 spiro atoms. The van der Waals surface area contributed by atoms with Crippen LogP contribution >= 0.6 is 0 Å². The highest BCUT2D eigenvalue weighted by Gasteiger charge is 2.21. The van der Waals surface area contributed by atoms with E-state index in [4.69, 9.17) is 85.3 Å². The Labute approximate surface area is 350 Å². The van der Waals surface area contributed by atoms with Crippen LogP contribution < -0.4 is 28.4 Å². The Morgan fingerprint density at radius 3 is 0.517 bits per heavy atom. The minimum Gasteiger partial charge on any atom is -0.464 e. The summed E-state index contributed by atoms with van der Waals surface area (Å²) in [6.07, 6.45) is 0. The Hall–Kier alpha value is -4.02. The van der Waals surface area contributed by atoms with Crippen molar-refractivity contribution in [2.45, 2.75) is 0 Å². The van der Waals surface area contributed by atoms with Crippen LogP contribution in [0.25, 0.3) is 32.3 Å². The van der Waals surface area contributed by atoms with Gasteiger partial charge in [0.25, 0.3) is 0 Å². The molecular formula is C42H60O18. The van der Waals surface area contributed by atoms with Crippen LogP contribution in [-0.4, -0.2) is 163 Å². The molecule has 4 rings (SSSR count). The zero-order valence-electron chi connectivity index (χ0n) is 35.5. The van der Waals surface area contributed by atoms with Gasteiger partial charge in [-0.3, -0.25) is 0 Å². The van der Waals surface area contributed by atoms with Crippen LogP contribution in [0, 0.1) is 0 Å². The van der Waals surface area contributed by atoms with Crippen molar-refractivity contribution in [1.29, 1.82) is 0 Å². The van der Waals surface area contributed by atoms with Gasteiger partial charge in [-0.2, -0.15) is 0 Å². The van der Waals surface area contributed by atoms with Gasteiger partial charge in [-0.25, -0.2) is 0 Å². The molecule has 0 aliphatic carbocycles. The van der Waals surface area contributed by atoms with E-state index in [9.17, 15) is 0 Å². The van der Waals surface area contributed by atoms with E-state index >= 15 is 0 Å². The van der Waals surface area contributed by atoms with Crippen LogP contribution in [0.4, 0.5) is 0 Å². The highest BCUT2D eigenvalue weighted by molar-refractivity contribution is 6.26. The molecule has 336 valence electrons. The lowest BCUT2D eigenvalue weighted by atomic mass is 9.93. The molecule has 4 aromatic carbocycles. The molecule has 0 bridgehead atoms. The summed E-state index contributed by atoms with van der Waals surface area (Å²) in [5, 5.41) is 4.69. The fourth-order valence-corrected chi connectivity index (χ4v) is 5.53. The van der Waals surface area contributed by atoms with Gasteiger partial charge in [0, 0.05) is 42.7 Å². The summed E-state index contributed by atoms with van der Waals surface area (Å²) in [5.74, 6) is 2.44. The van der Waals surface area contributed by atoms with Crippen molar-refractivity contribution >= 4 is 32.3 Å². The highest BCUT2D eigenvalue weighted by Crippen LogP contribution is 2.47. The van der Waals surface area contributed by atoms with Crippen LogP contribution in [-0.2, 0) is 56.8 Å². The molecular weight excluding hydrogens is 792 g/mol. The maximum atomic E-state index is 6.18. The molecule has 0 fully saturated rings. The quantitative estimate of drug-likeness (QED) is 0.0335. The summed E-state index contributed by atoms with van der Waals surface area (Å²) >= 11 is 0. The van der Waals surface area contributed by atoms with Gasteiger partial charge in [0.05, 0.1) is 79.3 Å². The summed E-state index contributed by atoms with van der Waals surface area (Å²) < 4.78 is 102. The van der Waals surface area contributed by atoms with Crippen molar-refractivity contribution in [3.05, 3.63) is 36.4 Å². The van der Waals surface area contributed by atoms with E-state index in [-0.39, 0.29) is 40.8 Å². The first kappa shape index (κ1) is 48.6. The zero-order valence-corrected chi connectivity index (χ0v) is 35.5. The van der Waals surface area contributed by atoms with E-state index in [1.165, 1.54) is 0 Å². The number of hydrogen-bond donors (Lipinski definition) is 0. The molecule has 0 N–H and O–H groups in total. The molecule has 0 aliphatic heterocycles. The average Bonchev–Trinajstić information content (AvgIpc) is 3.26. The monoisotopic (exact) mass is 852 g/mol. The summed E-state index contributed by atoms with van der Waals surface area (Å²) in [6.45, 7) is 4.02. The number of rotatable bonds is 36. The number of methoxy groups -OCH3 is 6. The predicted molar refractivity (Wildman–Crippen MR) is 219 cm³/mol. The second-order valence-corrected chi connectivity index (χ2v) is 12.5. The van der Waals surface area contributed by atoms with E-state index in [0.717, 1.165) is 32.3 Å². The van der Waals surface area contributed by atoms with Gasteiger partial charge < -0.3 is 85.3 Å². The lowest BCUT2D eigenvalue weighted by Gasteiger charge is -2.20. The molecule has 4 aromatic rings. The maximum Gasteiger partial charge on any atom is 0.189 e. The molecule has 60 heavy (non-hydrogen) atoms. The van der Waals surface area contributed by atoms with Gasteiger partial charge in [-0.05, 0) is 68.7 Å². The molecule has 0 amide bonds. The Morgan fingerprint density at radius 1 is 0.233 bits per heavy atom. The summed E-state index contributed by atoms with van der Waals surface area (Å²) in [7, 11) is 9.61. The topological polar surface area (TPSA) is 166 Å². The van der Waals surface area contributed by atoms with Gasteiger partial charge in [0.1, 0.15) is 0 Å². The van der Waals surface area contributed by atoms with Crippen LogP contribution in [0.5, 0.6) is 34.5 Å². The number of ether oxygens (including phenoxy) is 18. The van der Waals surface area contributed by atoms with E-state index in [1.54, 1.807) is 42.7 Å². The SMILES string of the molecule is COCCOCOc1cc2c3cc(OCOCCOC)c(OCOCCOC)cc3c3cc(OCOCCOC)c(OCOCCOC)cc3c2cc1OCOCCOC. The number of fused-ring (bicyclic) bond motifs is 6. The molecule has 0 radical (unpaired) electrons. The molecule has 0 saturated carbocycles. The van der Waals surface area contributed by atoms with Crippen molar-refractivity contribution < 1.29 is 85.3 Å². The summed E-state index contributed by atoms with van der Waals surface area (Å²) in [5.41, 5.74) is 0. The fraction of sp³-hybridized carbons (Fsp3) is 0.571. The Kier molecular flexibility index (Phi) is 23.7. The maximum absolute atomic E-state index is 6.18. The van der Waals surface area contributed by atoms with Crippen LogP contribution in [0.15, 0.2) is 36.4 Å². The number of benzene rings is 4. The van der Waals surface area contributed by atoms with Gasteiger partial charge >= 0.3 is 0 Å². The smallest absolute Gasteiger partial charge is 0.189 e. The summed E-state index contributed by atoms with van der Waals surface area (Å²) in [4.78, 5) is 0. The van der Waals surface area contributed by atoms with Gasteiger partial charge in [-0.1, -0.05) is 0 Å². The van der Waals surface area contributed by atoms with Crippen molar-refractivity contribution in [2.75, 3.05) is 163 Å². The molecule has 18 heteroatoms. The standard InChI is InChI=1S/C42H60O18/c1-43-7-13-49-25-55-37-19-31-32(20-38(37)56-26-50-14-8-44-2)34-22-40(58-28-52-16-10-46-4)42(60-30-54-18-12-48-6)24-36(34)35-23-41(59-29-53-17-11-47-5)39(21-33(31)35)57-27-51-15-9-45-3/h19-24H,7-18,25-30H2,1-6H3. The normalized spacial score (nSPS) is 11.5. The van der Waals surface area contributed by atoms with Crippen molar-refractivity contribution in [1.82, 2.24) is 0 Å².